The lowest BCUT2D eigenvalue weighted by Crippen LogP contribution is -2.34. The highest BCUT2D eigenvalue weighted by Gasteiger charge is 2.22. The molecule has 0 amide bonds. The van der Waals surface area contributed by atoms with Crippen molar-refractivity contribution >= 4 is 5.78 Å². The van der Waals surface area contributed by atoms with Gasteiger partial charge in [-0.3, -0.25) is 4.79 Å². The van der Waals surface area contributed by atoms with Gasteiger partial charge in [0.1, 0.15) is 11.5 Å². The SMILES string of the molecule is COc1ccccc1CC(C)N(C)CCC(=O)C(C)(C)C. The Hall–Kier alpha value is -1.35. The van der Waals surface area contributed by atoms with Gasteiger partial charge in [0, 0.05) is 24.4 Å². The Labute approximate surface area is 129 Å². The molecule has 118 valence electrons. The molecule has 1 rings (SSSR count). The third-order valence-electron chi connectivity index (χ3n) is 3.99. The normalized spacial score (nSPS) is 13.3. The monoisotopic (exact) mass is 291 g/mol. The van der Waals surface area contributed by atoms with Crippen molar-refractivity contribution in [1.82, 2.24) is 4.90 Å². The van der Waals surface area contributed by atoms with Gasteiger partial charge in [-0.2, -0.15) is 0 Å². The molecule has 0 aliphatic carbocycles. The summed E-state index contributed by atoms with van der Waals surface area (Å²) in [6, 6.07) is 8.48. The van der Waals surface area contributed by atoms with Crippen LogP contribution >= 0.6 is 0 Å². The number of methoxy groups -OCH3 is 1. The third kappa shape index (κ3) is 5.50. The first-order valence-electron chi connectivity index (χ1n) is 7.61. The van der Waals surface area contributed by atoms with Gasteiger partial charge in [0.2, 0.25) is 0 Å². The second-order valence-electron chi connectivity index (χ2n) is 6.77. The van der Waals surface area contributed by atoms with Crippen molar-refractivity contribution in [1.29, 1.82) is 0 Å². The van der Waals surface area contributed by atoms with Gasteiger partial charge in [-0.05, 0) is 32.0 Å². The van der Waals surface area contributed by atoms with E-state index in [0.29, 0.717) is 18.2 Å². The standard InChI is InChI=1S/C18H29NO2/c1-14(13-15-9-7-8-10-16(15)21-6)19(5)12-11-17(20)18(2,3)4/h7-10,14H,11-13H2,1-6H3. The van der Waals surface area contributed by atoms with Crippen LogP contribution in [0.5, 0.6) is 5.75 Å². The molecule has 1 aromatic carbocycles. The third-order valence-corrected chi connectivity index (χ3v) is 3.99. The molecular formula is C18H29NO2. The van der Waals surface area contributed by atoms with Gasteiger partial charge in [-0.15, -0.1) is 0 Å². The summed E-state index contributed by atoms with van der Waals surface area (Å²) in [6.45, 7) is 8.93. The Morgan fingerprint density at radius 2 is 1.90 bits per heavy atom. The van der Waals surface area contributed by atoms with E-state index in [4.69, 9.17) is 4.74 Å². The summed E-state index contributed by atoms with van der Waals surface area (Å²) in [6.07, 6.45) is 1.53. The van der Waals surface area contributed by atoms with Crippen LogP contribution in [0.3, 0.4) is 0 Å². The molecule has 1 unspecified atom stereocenters. The number of ketones is 1. The second kappa shape index (κ2) is 7.60. The lowest BCUT2D eigenvalue weighted by molar-refractivity contribution is -0.126. The number of ether oxygens (including phenoxy) is 1. The van der Waals surface area contributed by atoms with E-state index < -0.39 is 0 Å². The van der Waals surface area contributed by atoms with Gasteiger partial charge in [-0.25, -0.2) is 0 Å². The lowest BCUT2D eigenvalue weighted by atomic mass is 9.89. The van der Waals surface area contributed by atoms with Crippen molar-refractivity contribution in [3.63, 3.8) is 0 Å². The van der Waals surface area contributed by atoms with E-state index in [-0.39, 0.29) is 5.41 Å². The largest absolute Gasteiger partial charge is 0.496 e. The zero-order chi connectivity index (χ0) is 16.0. The van der Waals surface area contributed by atoms with E-state index in [2.05, 4.69) is 24.9 Å². The number of carbonyl (C=O) groups excluding carboxylic acids is 1. The predicted octanol–water partition coefficient (Wildman–Crippen LogP) is 3.56. The molecule has 0 saturated carbocycles. The molecule has 0 bridgehead atoms. The molecule has 0 radical (unpaired) electrons. The molecule has 3 heteroatoms. The Morgan fingerprint density at radius 3 is 2.48 bits per heavy atom. The zero-order valence-corrected chi connectivity index (χ0v) is 14.3. The van der Waals surface area contributed by atoms with Gasteiger partial charge in [0.25, 0.3) is 0 Å². The maximum atomic E-state index is 12.0. The minimum atomic E-state index is -0.243. The van der Waals surface area contributed by atoms with Crippen LogP contribution in [-0.2, 0) is 11.2 Å². The molecule has 21 heavy (non-hydrogen) atoms. The number of para-hydroxylation sites is 1. The van der Waals surface area contributed by atoms with Crippen molar-refractivity contribution < 1.29 is 9.53 Å². The number of nitrogens with zero attached hydrogens (tertiary/aromatic N) is 1. The maximum Gasteiger partial charge on any atom is 0.139 e. The van der Waals surface area contributed by atoms with Gasteiger partial charge in [0.05, 0.1) is 7.11 Å². The van der Waals surface area contributed by atoms with Crippen LogP contribution in [-0.4, -0.2) is 37.4 Å². The number of Topliss-reactive ketones (excluding diaryl/α,β-unsaturated/α-hetero) is 1. The number of carbonyl (C=O) groups is 1. The Bertz CT molecular complexity index is 463. The van der Waals surface area contributed by atoms with Crippen molar-refractivity contribution in [2.75, 3.05) is 20.7 Å². The first-order valence-corrected chi connectivity index (χ1v) is 7.61. The van der Waals surface area contributed by atoms with Crippen molar-refractivity contribution in [2.24, 2.45) is 5.41 Å². The Balaban J connectivity index is 2.55. The summed E-state index contributed by atoms with van der Waals surface area (Å²) in [5.41, 5.74) is 0.966. The summed E-state index contributed by atoms with van der Waals surface area (Å²) in [5.74, 6) is 1.25. The Kier molecular flexibility index (Phi) is 6.41. The molecule has 1 aromatic rings. The van der Waals surface area contributed by atoms with E-state index in [1.165, 1.54) is 5.56 Å². The van der Waals surface area contributed by atoms with E-state index >= 15 is 0 Å². The van der Waals surface area contributed by atoms with Crippen LogP contribution in [0.2, 0.25) is 0 Å². The number of hydrogen-bond acceptors (Lipinski definition) is 3. The predicted molar refractivity (Wildman–Crippen MR) is 87.9 cm³/mol. The van der Waals surface area contributed by atoms with Crippen molar-refractivity contribution in [2.45, 2.75) is 46.6 Å². The van der Waals surface area contributed by atoms with Crippen molar-refractivity contribution in [3.8, 4) is 5.75 Å². The minimum absolute atomic E-state index is 0.243. The Morgan fingerprint density at radius 1 is 1.29 bits per heavy atom. The molecule has 0 N–H and O–H groups in total. The summed E-state index contributed by atoms with van der Waals surface area (Å²) in [4.78, 5) is 14.2. The van der Waals surface area contributed by atoms with Crippen molar-refractivity contribution in [3.05, 3.63) is 29.8 Å². The second-order valence-corrected chi connectivity index (χ2v) is 6.77. The van der Waals surface area contributed by atoms with Crippen LogP contribution in [0.1, 0.15) is 39.7 Å². The van der Waals surface area contributed by atoms with E-state index in [1.54, 1.807) is 7.11 Å². The highest BCUT2D eigenvalue weighted by molar-refractivity contribution is 5.83. The average Bonchev–Trinajstić information content (AvgIpc) is 2.43. The molecule has 0 aliphatic heterocycles. The van der Waals surface area contributed by atoms with Gasteiger partial charge >= 0.3 is 0 Å². The molecule has 0 saturated heterocycles. The maximum absolute atomic E-state index is 12.0. The van der Waals surface area contributed by atoms with E-state index in [9.17, 15) is 4.79 Å². The zero-order valence-electron chi connectivity index (χ0n) is 14.3. The van der Waals surface area contributed by atoms with Crippen LogP contribution < -0.4 is 4.74 Å². The number of benzene rings is 1. The van der Waals surface area contributed by atoms with E-state index in [0.717, 1.165) is 18.7 Å². The summed E-state index contributed by atoms with van der Waals surface area (Å²) < 4.78 is 5.40. The van der Waals surface area contributed by atoms with E-state index in [1.807, 2.05) is 39.0 Å². The molecule has 0 fully saturated rings. The van der Waals surface area contributed by atoms with Crippen LogP contribution in [0, 0.1) is 5.41 Å². The minimum Gasteiger partial charge on any atom is -0.496 e. The number of likely N-dealkylation sites (N-methyl/N-ethyl adjacent to an activating group) is 1. The van der Waals surface area contributed by atoms with Crippen LogP contribution in [0.15, 0.2) is 24.3 Å². The summed E-state index contributed by atoms with van der Waals surface area (Å²) in [5, 5.41) is 0. The summed E-state index contributed by atoms with van der Waals surface area (Å²) >= 11 is 0. The molecule has 0 spiro atoms. The first-order chi connectivity index (χ1) is 9.75. The fourth-order valence-electron chi connectivity index (χ4n) is 2.22. The number of hydrogen-bond donors (Lipinski definition) is 0. The fourth-order valence-corrected chi connectivity index (χ4v) is 2.22. The topological polar surface area (TPSA) is 29.5 Å². The molecule has 0 aliphatic rings. The molecular weight excluding hydrogens is 262 g/mol. The highest BCUT2D eigenvalue weighted by atomic mass is 16.5. The van der Waals surface area contributed by atoms with Gasteiger partial charge in [-0.1, -0.05) is 39.0 Å². The smallest absolute Gasteiger partial charge is 0.139 e. The number of rotatable bonds is 7. The molecule has 3 nitrogen and oxygen atoms in total. The molecule has 1 atom stereocenters. The molecule has 0 aromatic heterocycles. The first kappa shape index (κ1) is 17.7. The van der Waals surface area contributed by atoms with Crippen LogP contribution in [0.25, 0.3) is 0 Å². The summed E-state index contributed by atoms with van der Waals surface area (Å²) in [7, 11) is 3.78. The van der Waals surface area contributed by atoms with Gasteiger partial charge < -0.3 is 9.64 Å². The average molecular weight is 291 g/mol. The van der Waals surface area contributed by atoms with Gasteiger partial charge in [0.15, 0.2) is 0 Å². The fraction of sp³-hybridized carbons (Fsp3) is 0.611. The molecule has 0 heterocycles. The lowest BCUT2D eigenvalue weighted by Gasteiger charge is -2.26. The highest BCUT2D eigenvalue weighted by Crippen LogP contribution is 2.21. The quantitative estimate of drug-likeness (QED) is 0.769. The van der Waals surface area contributed by atoms with Crippen LogP contribution in [0.4, 0.5) is 0 Å².